The smallest absolute Gasteiger partial charge is 0.143 e. The van der Waals surface area contributed by atoms with Crippen molar-refractivity contribution in [1.82, 2.24) is 4.57 Å². The molecule has 10 aromatic carbocycles. The van der Waals surface area contributed by atoms with Gasteiger partial charge in [0.1, 0.15) is 11.2 Å². The van der Waals surface area contributed by atoms with E-state index in [2.05, 4.69) is 246 Å². The van der Waals surface area contributed by atoms with Crippen molar-refractivity contribution in [3.05, 3.63) is 243 Å². The average Bonchev–Trinajstić information content (AvgIpc) is 3.91. The number of anilines is 3. The van der Waals surface area contributed by atoms with Crippen LogP contribution in [0.5, 0.6) is 0 Å². The van der Waals surface area contributed by atoms with Crippen LogP contribution in [0, 0.1) is 0 Å². The molecule has 0 radical (unpaired) electrons. The second-order valence-corrected chi connectivity index (χ2v) is 16.1. The molecule has 0 amide bonds. The number of hydrogen-bond acceptors (Lipinski definition) is 2. The highest BCUT2D eigenvalue weighted by molar-refractivity contribution is 6.11. The van der Waals surface area contributed by atoms with Crippen molar-refractivity contribution < 1.29 is 4.42 Å². The maximum Gasteiger partial charge on any atom is 0.143 e. The van der Waals surface area contributed by atoms with Crippen LogP contribution >= 0.6 is 0 Å². The van der Waals surface area contributed by atoms with Crippen molar-refractivity contribution in [1.29, 1.82) is 0 Å². The van der Waals surface area contributed by atoms with E-state index >= 15 is 0 Å². The molecule has 63 heavy (non-hydrogen) atoms. The van der Waals surface area contributed by atoms with E-state index < -0.39 is 0 Å². The van der Waals surface area contributed by atoms with E-state index in [-0.39, 0.29) is 0 Å². The lowest BCUT2D eigenvalue weighted by atomic mass is 10.0. The lowest BCUT2D eigenvalue weighted by Gasteiger charge is -2.26. The normalized spacial score (nSPS) is 11.5. The summed E-state index contributed by atoms with van der Waals surface area (Å²) < 4.78 is 9.00. The van der Waals surface area contributed by atoms with Gasteiger partial charge in [-0.2, -0.15) is 0 Å². The summed E-state index contributed by atoms with van der Waals surface area (Å²) in [7, 11) is 0. The van der Waals surface area contributed by atoms with Crippen LogP contribution in [0.25, 0.3) is 93.9 Å². The first-order chi connectivity index (χ1) is 31.2. The molecule has 296 valence electrons. The Morgan fingerprint density at radius 1 is 0.302 bits per heavy atom. The Kier molecular flexibility index (Phi) is 8.83. The van der Waals surface area contributed by atoms with Crippen molar-refractivity contribution in [2.75, 3.05) is 4.90 Å². The van der Waals surface area contributed by atoms with Gasteiger partial charge >= 0.3 is 0 Å². The van der Waals surface area contributed by atoms with Crippen LogP contribution in [-0.2, 0) is 0 Å². The standard InChI is InChI=1S/C60H40N2O/c1-3-14-41(15-4-1)45-18-11-20-50(38-45)61(48-33-28-42(29-34-48)46-19-12-21-51(39-46)62-57-26-9-7-22-53(57)54-23-8-10-27-58(54)62)49-35-30-43(31-36-49)47-32-37-55-56-25-13-24-52(44-16-5-2-6-17-44)60(56)63-59(55)40-47/h1-40H. The highest BCUT2D eigenvalue weighted by atomic mass is 16.3. The lowest BCUT2D eigenvalue weighted by molar-refractivity contribution is 0.670. The third-order valence-electron chi connectivity index (χ3n) is 12.4. The minimum Gasteiger partial charge on any atom is -0.455 e. The first kappa shape index (κ1) is 36.5. The predicted molar refractivity (Wildman–Crippen MR) is 264 cm³/mol. The molecule has 0 bridgehead atoms. The highest BCUT2D eigenvalue weighted by Crippen LogP contribution is 2.41. The molecule has 0 spiro atoms. The highest BCUT2D eigenvalue weighted by Gasteiger charge is 2.17. The molecule has 12 aromatic rings. The first-order valence-electron chi connectivity index (χ1n) is 21.5. The Morgan fingerprint density at radius 3 is 1.46 bits per heavy atom. The van der Waals surface area contributed by atoms with Gasteiger partial charge in [-0.15, -0.1) is 0 Å². The quantitative estimate of drug-likeness (QED) is 0.153. The van der Waals surface area contributed by atoms with Gasteiger partial charge in [-0.05, 0) is 112 Å². The number of hydrogen-bond donors (Lipinski definition) is 0. The van der Waals surface area contributed by atoms with E-state index in [1.807, 2.05) is 6.07 Å². The van der Waals surface area contributed by atoms with Crippen LogP contribution in [0.4, 0.5) is 17.1 Å². The summed E-state index contributed by atoms with van der Waals surface area (Å²) in [4.78, 5) is 2.35. The maximum absolute atomic E-state index is 6.62. The summed E-state index contributed by atoms with van der Waals surface area (Å²) in [5.74, 6) is 0. The summed E-state index contributed by atoms with van der Waals surface area (Å²) in [5, 5.41) is 4.77. The molecule has 0 aliphatic rings. The second kappa shape index (κ2) is 15.3. The van der Waals surface area contributed by atoms with Gasteiger partial charge in [0.25, 0.3) is 0 Å². The molecule has 0 saturated heterocycles. The molecule has 3 nitrogen and oxygen atoms in total. The van der Waals surface area contributed by atoms with Gasteiger partial charge in [0.2, 0.25) is 0 Å². The van der Waals surface area contributed by atoms with Crippen molar-refractivity contribution in [3.63, 3.8) is 0 Å². The number of fused-ring (bicyclic) bond motifs is 6. The molecule has 0 saturated carbocycles. The van der Waals surface area contributed by atoms with E-state index in [1.54, 1.807) is 0 Å². The molecule has 0 unspecified atom stereocenters. The monoisotopic (exact) mass is 804 g/mol. The summed E-state index contributed by atoms with van der Waals surface area (Å²) in [6, 6.07) is 87.0. The van der Waals surface area contributed by atoms with Crippen LogP contribution in [-0.4, -0.2) is 4.57 Å². The van der Waals surface area contributed by atoms with Gasteiger partial charge in [0.15, 0.2) is 0 Å². The molecule has 0 atom stereocenters. The zero-order valence-corrected chi connectivity index (χ0v) is 34.4. The molecule has 3 heteroatoms. The Labute approximate surface area is 366 Å². The van der Waals surface area contributed by atoms with Gasteiger partial charge in [0, 0.05) is 49.9 Å². The first-order valence-corrected chi connectivity index (χ1v) is 21.5. The molecule has 12 rings (SSSR count). The summed E-state index contributed by atoms with van der Waals surface area (Å²) >= 11 is 0. The Balaban J connectivity index is 0.910. The number of furan rings is 1. The summed E-state index contributed by atoms with van der Waals surface area (Å²) in [6.45, 7) is 0. The lowest BCUT2D eigenvalue weighted by Crippen LogP contribution is -2.10. The zero-order chi connectivity index (χ0) is 41.7. The fourth-order valence-corrected chi connectivity index (χ4v) is 9.36. The van der Waals surface area contributed by atoms with E-state index in [0.717, 1.165) is 72.5 Å². The number of benzene rings is 10. The van der Waals surface area contributed by atoms with Gasteiger partial charge in [-0.3, -0.25) is 0 Å². The molecule has 0 aliphatic heterocycles. The minimum atomic E-state index is 0.884. The molecule has 0 N–H and O–H groups in total. The van der Waals surface area contributed by atoms with Gasteiger partial charge < -0.3 is 13.9 Å². The van der Waals surface area contributed by atoms with Gasteiger partial charge in [0.05, 0.1) is 11.0 Å². The van der Waals surface area contributed by atoms with Crippen LogP contribution in [0.15, 0.2) is 247 Å². The SMILES string of the molecule is c1ccc(-c2cccc(N(c3ccc(-c4cccc(-n5c6ccccc6c6ccccc65)c4)cc3)c3ccc(-c4ccc5c(c4)oc4c(-c6ccccc6)cccc45)cc3)c2)cc1. The maximum atomic E-state index is 6.62. The van der Waals surface area contributed by atoms with Crippen LogP contribution < -0.4 is 4.90 Å². The molecule has 0 aliphatic carbocycles. The largest absolute Gasteiger partial charge is 0.455 e. The van der Waals surface area contributed by atoms with Crippen molar-refractivity contribution >= 4 is 60.8 Å². The number of rotatable bonds is 8. The third kappa shape index (κ3) is 6.46. The van der Waals surface area contributed by atoms with Crippen LogP contribution in [0.3, 0.4) is 0 Å². The number of nitrogens with zero attached hydrogens (tertiary/aromatic N) is 2. The van der Waals surface area contributed by atoms with Crippen molar-refractivity contribution in [3.8, 4) is 50.2 Å². The van der Waals surface area contributed by atoms with Gasteiger partial charge in [-0.1, -0.05) is 170 Å². The topological polar surface area (TPSA) is 21.3 Å². The third-order valence-corrected chi connectivity index (χ3v) is 12.4. The fraction of sp³-hybridized carbons (Fsp3) is 0. The molecule has 2 heterocycles. The number of aromatic nitrogens is 1. The predicted octanol–water partition coefficient (Wildman–Crippen LogP) is 16.8. The van der Waals surface area contributed by atoms with Crippen LogP contribution in [0.2, 0.25) is 0 Å². The Hall–Kier alpha value is -8.40. The fourth-order valence-electron chi connectivity index (χ4n) is 9.36. The number of para-hydroxylation sites is 3. The van der Waals surface area contributed by atoms with E-state index in [4.69, 9.17) is 4.42 Å². The molecule has 2 aromatic heterocycles. The Bertz CT molecular complexity index is 3550. The zero-order valence-electron chi connectivity index (χ0n) is 34.4. The summed E-state index contributed by atoms with van der Waals surface area (Å²) in [6.07, 6.45) is 0. The van der Waals surface area contributed by atoms with Crippen LogP contribution in [0.1, 0.15) is 0 Å². The van der Waals surface area contributed by atoms with Crippen molar-refractivity contribution in [2.24, 2.45) is 0 Å². The summed E-state index contributed by atoms with van der Waals surface area (Å²) in [5.41, 5.74) is 17.8. The Morgan fingerprint density at radius 2 is 0.794 bits per heavy atom. The molecular formula is C60H40N2O. The van der Waals surface area contributed by atoms with Crippen molar-refractivity contribution in [2.45, 2.75) is 0 Å². The average molecular weight is 805 g/mol. The van der Waals surface area contributed by atoms with Gasteiger partial charge in [-0.25, -0.2) is 0 Å². The van der Waals surface area contributed by atoms with E-state index in [0.29, 0.717) is 0 Å². The molecule has 0 fully saturated rings. The second-order valence-electron chi connectivity index (χ2n) is 16.1. The molecular weight excluding hydrogens is 765 g/mol. The van der Waals surface area contributed by atoms with E-state index in [1.165, 1.54) is 38.5 Å². The minimum absolute atomic E-state index is 0.884. The van der Waals surface area contributed by atoms with E-state index in [9.17, 15) is 0 Å².